The molecule has 2 rings (SSSR count). The van der Waals surface area contributed by atoms with E-state index in [2.05, 4.69) is 4.98 Å². The average molecular weight is 231 g/mol. The molecule has 0 amide bonds. The van der Waals surface area contributed by atoms with Crippen molar-refractivity contribution in [2.24, 2.45) is 0 Å². The van der Waals surface area contributed by atoms with Gasteiger partial charge in [-0.25, -0.2) is 9.37 Å². The predicted octanol–water partition coefficient (Wildman–Crippen LogP) is 2.88. The van der Waals surface area contributed by atoms with Crippen LogP contribution in [-0.2, 0) is 0 Å². The number of nitrogens with two attached hydrogens (primary N) is 1. The Balaban J connectivity index is 2.40. The quantitative estimate of drug-likeness (QED) is 0.864. The van der Waals surface area contributed by atoms with Gasteiger partial charge in [0.1, 0.15) is 11.6 Å². The lowest BCUT2D eigenvalue weighted by Crippen LogP contribution is -2.13. The molecule has 17 heavy (non-hydrogen) atoms. The number of rotatable bonds is 2. The summed E-state index contributed by atoms with van der Waals surface area (Å²) in [7, 11) is 1.77. The van der Waals surface area contributed by atoms with Crippen molar-refractivity contribution in [3.05, 3.63) is 47.9 Å². The third-order valence-electron chi connectivity index (χ3n) is 2.67. The minimum Gasteiger partial charge on any atom is -0.397 e. The molecule has 1 aromatic carbocycles. The van der Waals surface area contributed by atoms with Crippen LogP contribution in [-0.4, -0.2) is 12.0 Å². The Kier molecular flexibility index (Phi) is 2.95. The van der Waals surface area contributed by atoms with Crippen molar-refractivity contribution in [1.29, 1.82) is 0 Å². The Morgan fingerprint density at radius 2 is 1.88 bits per heavy atom. The van der Waals surface area contributed by atoms with E-state index < -0.39 is 0 Å². The highest BCUT2D eigenvalue weighted by molar-refractivity contribution is 5.61. The first kappa shape index (κ1) is 11.4. The van der Waals surface area contributed by atoms with Gasteiger partial charge in [-0.3, -0.25) is 0 Å². The van der Waals surface area contributed by atoms with E-state index in [1.165, 1.54) is 6.07 Å². The van der Waals surface area contributed by atoms with Crippen LogP contribution in [0.2, 0.25) is 0 Å². The summed E-state index contributed by atoms with van der Waals surface area (Å²) >= 11 is 0. The lowest BCUT2D eigenvalue weighted by Gasteiger charge is -2.19. The number of hydrogen-bond acceptors (Lipinski definition) is 3. The number of para-hydroxylation sites is 1. The molecule has 4 heteroatoms. The summed E-state index contributed by atoms with van der Waals surface area (Å²) in [6, 6.07) is 10.1. The number of aromatic nitrogens is 1. The second kappa shape index (κ2) is 4.41. The number of anilines is 3. The highest BCUT2D eigenvalue weighted by Crippen LogP contribution is 2.25. The van der Waals surface area contributed by atoms with Gasteiger partial charge < -0.3 is 10.6 Å². The lowest BCUT2D eigenvalue weighted by molar-refractivity contribution is 0.627. The zero-order chi connectivity index (χ0) is 12.4. The molecule has 2 aromatic rings. The molecular weight excluding hydrogens is 217 g/mol. The summed E-state index contributed by atoms with van der Waals surface area (Å²) in [5.41, 5.74) is 7.57. The molecule has 0 atom stereocenters. The van der Waals surface area contributed by atoms with E-state index >= 15 is 0 Å². The van der Waals surface area contributed by atoms with E-state index in [0.717, 1.165) is 5.69 Å². The fourth-order valence-corrected chi connectivity index (χ4v) is 1.59. The van der Waals surface area contributed by atoms with Gasteiger partial charge in [-0.2, -0.15) is 0 Å². The fraction of sp³-hybridized carbons (Fsp3) is 0.154. The molecule has 88 valence electrons. The summed E-state index contributed by atoms with van der Waals surface area (Å²) in [6.07, 6.45) is 0. The summed E-state index contributed by atoms with van der Waals surface area (Å²) in [6.45, 7) is 1.83. The summed E-state index contributed by atoms with van der Waals surface area (Å²) in [5, 5.41) is 0. The second-order valence-corrected chi connectivity index (χ2v) is 3.85. The molecule has 0 radical (unpaired) electrons. The monoisotopic (exact) mass is 231 g/mol. The van der Waals surface area contributed by atoms with Gasteiger partial charge in [0.2, 0.25) is 0 Å². The van der Waals surface area contributed by atoms with Gasteiger partial charge in [-0.1, -0.05) is 12.1 Å². The van der Waals surface area contributed by atoms with Crippen molar-refractivity contribution in [1.82, 2.24) is 4.98 Å². The minimum atomic E-state index is -0.272. The molecule has 0 bridgehead atoms. The van der Waals surface area contributed by atoms with Gasteiger partial charge >= 0.3 is 0 Å². The molecule has 0 saturated carbocycles. The van der Waals surface area contributed by atoms with Crippen molar-refractivity contribution in [2.75, 3.05) is 17.7 Å². The van der Waals surface area contributed by atoms with Gasteiger partial charge in [-0.15, -0.1) is 0 Å². The number of nitrogen functional groups attached to an aromatic ring is 1. The zero-order valence-corrected chi connectivity index (χ0v) is 9.81. The van der Waals surface area contributed by atoms with E-state index in [1.807, 2.05) is 6.92 Å². The van der Waals surface area contributed by atoms with Crippen LogP contribution < -0.4 is 10.6 Å². The number of hydrogen-bond donors (Lipinski definition) is 1. The van der Waals surface area contributed by atoms with Crippen LogP contribution in [0.4, 0.5) is 21.6 Å². The van der Waals surface area contributed by atoms with Crippen LogP contribution in [0.3, 0.4) is 0 Å². The van der Waals surface area contributed by atoms with Crippen molar-refractivity contribution in [3.8, 4) is 0 Å². The van der Waals surface area contributed by atoms with Crippen LogP contribution in [0.5, 0.6) is 0 Å². The second-order valence-electron chi connectivity index (χ2n) is 3.85. The summed E-state index contributed by atoms with van der Waals surface area (Å²) < 4.78 is 13.6. The molecular formula is C13H14FN3. The van der Waals surface area contributed by atoms with Crippen LogP contribution in [0.15, 0.2) is 36.4 Å². The van der Waals surface area contributed by atoms with Crippen molar-refractivity contribution in [3.63, 3.8) is 0 Å². The highest BCUT2D eigenvalue weighted by Gasteiger charge is 2.10. The number of halogens is 1. The molecule has 2 N–H and O–H groups in total. The van der Waals surface area contributed by atoms with Crippen LogP contribution in [0.25, 0.3) is 0 Å². The van der Waals surface area contributed by atoms with E-state index in [4.69, 9.17) is 5.73 Å². The normalized spacial score (nSPS) is 10.3. The van der Waals surface area contributed by atoms with E-state index in [-0.39, 0.29) is 5.82 Å². The SMILES string of the molecule is Cc1nc(N(C)c2ccccc2F)ccc1N. The lowest BCUT2D eigenvalue weighted by atomic mass is 10.2. The van der Waals surface area contributed by atoms with E-state index in [0.29, 0.717) is 17.2 Å². The predicted molar refractivity (Wildman–Crippen MR) is 67.8 cm³/mol. The van der Waals surface area contributed by atoms with Gasteiger partial charge in [0, 0.05) is 7.05 Å². The molecule has 3 nitrogen and oxygen atoms in total. The first-order chi connectivity index (χ1) is 8.09. The maximum Gasteiger partial charge on any atom is 0.146 e. The summed E-state index contributed by atoms with van der Waals surface area (Å²) in [4.78, 5) is 6.02. The van der Waals surface area contributed by atoms with Gasteiger partial charge in [0.15, 0.2) is 0 Å². The average Bonchev–Trinajstić information content (AvgIpc) is 2.32. The molecule has 0 saturated heterocycles. The van der Waals surface area contributed by atoms with Gasteiger partial charge in [0.25, 0.3) is 0 Å². The smallest absolute Gasteiger partial charge is 0.146 e. The maximum atomic E-state index is 13.6. The number of nitrogens with zero attached hydrogens (tertiary/aromatic N) is 2. The number of pyridine rings is 1. The third-order valence-corrected chi connectivity index (χ3v) is 2.67. The van der Waals surface area contributed by atoms with Crippen molar-refractivity contribution in [2.45, 2.75) is 6.92 Å². The largest absolute Gasteiger partial charge is 0.397 e. The topological polar surface area (TPSA) is 42.2 Å². The standard InChI is InChI=1S/C13H14FN3/c1-9-11(15)7-8-13(16-9)17(2)12-6-4-3-5-10(12)14/h3-8H,15H2,1-2H3. The molecule has 0 unspecified atom stereocenters. The van der Waals surface area contributed by atoms with E-state index in [1.54, 1.807) is 42.3 Å². The molecule has 0 aliphatic heterocycles. The number of benzene rings is 1. The van der Waals surface area contributed by atoms with Crippen LogP contribution >= 0.6 is 0 Å². The fourth-order valence-electron chi connectivity index (χ4n) is 1.59. The highest BCUT2D eigenvalue weighted by atomic mass is 19.1. The minimum absolute atomic E-state index is 0.272. The Hall–Kier alpha value is -2.10. The maximum absolute atomic E-state index is 13.6. The molecule has 0 aliphatic rings. The molecule has 0 spiro atoms. The summed E-state index contributed by atoms with van der Waals surface area (Å²) in [5.74, 6) is 0.396. The van der Waals surface area contributed by atoms with Crippen molar-refractivity contribution >= 4 is 17.2 Å². The first-order valence-corrected chi connectivity index (χ1v) is 5.31. The molecule has 0 aliphatic carbocycles. The third kappa shape index (κ3) is 2.20. The Bertz CT molecular complexity index is 540. The Labute approximate surface area is 99.7 Å². The molecule has 0 fully saturated rings. The van der Waals surface area contributed by atoms with Crippen molar-refractivity contribution < 1.29 is 4.39 Å². The van der Waals surface area contributed by atoms with Crippen LogP contribution in [0, 0.1) is 12.7 Å². The number of aryl methyl sites for hydroxylation is 1. The van der Waals surface area contributed by atoms with Gasteiger partial charge in [-0.05, 0) is 31.2 Å². The zero-order valence-electron chi connectivity index (χ0n) is 9.81. The molecule has 1 heterocycles. The Morgan fingerprint density at radius 1 is 1.18 bits per heavy atom. The first-order valence-electron chi connectivity index (χ1n) is 5.31. The van der Waals surface area contributed by atoms with Gasteiger partial charge in [0.05, 0.1) is 17.1 Å². The van der Waals surface area contributed by atoms with E-state index in [9.17, 15) is 4.39 Å². The van der Waals surface area contributed by atoms with Crippen LogP contribution in [0.1, 0.15) is 5.69 Å². The Morgan fingerprint density at radius 3 is 2.53 bits per heavy atom. The molecule has 1 aromatic heterocycles.